The topological polar surface area (TPSA) is 46.5 Å². The first kappa shape index (κ1) is 11.5. The average Bonchev–Trinajstić information content (AvgIpc) is 2.20. The van der Waals surface area contributed by atoms with Gasteiger partial charge in [-0.05, 0) is 18.1 Å². The Bertz CT molecular complexity index is 363. The number of aliphatic carboxylic acids is 1. The summed E-state index contributed by atoms with van der Waals surface area (Å²) in [5.41, 5.74) is 0.703. The van der Waals surface area contributed by atoms with Crippen molar-refractivity contribution in [2.24, 2.45) is 5.92 Å². The molecule has 0 spiro atoms. The van der Waals surface area contributed by atoms with Gasteiger partial charge in [-0.2, -0.15) is 0 Å². The van der Waals surface area contributed by atoms with Gasteiger partial charge in [0, 0.05) is 6.07 Å². The second kappa shape index (κ2) is 4.77. The summed E-state index contributed by atoms with van der Waals surface area (Å²) in [7, 11) is 1.43. The van der Waals surface area contributed by atoms with Gasteiger partial charge < -0.3 is 9.84 Å². The number of hydrogen-bond donors (Lipinski definition) is 1. The van der Waals surface area contributed by atoms with E-state index in [1.165, 1.54) is 19.2 Å². The van der Waals surface area contributed by atoms with Gasteiger partial charge in [-0.15, -0.1) is 0 Å². The molecule has 1 atom stereocenters. The predicted molar refractivity (Wildman–Crippen MR) is 53.5 cm³/mol. The van der Waals surface area contributed by atoms with Crippen molar-refractivity contribution < 1.29 is 19.0 Å². The molecule has 1 aromatic rings. The maximum atomic E-state index is 12.8. The van der Waals surface area contributed by atoms with Gasteiger partial charge in [0.1, 0.15) is 11.6 Å². The van der Waals surface area contributed by atoms with Gasteiger partial charge in [-0.25, -0.2) is 4.39 Å². The van der Waals surface area contributed by atoms with E-state index in [1.54, 1.807) is 13.0 Å². The standard InChI is InChI=1S/C11H13FO3/c1-7(11(13)14)5-8-3-4-9(12)6-10(8)15-2/h3-4,6-7H,5H2,1-2H3,(H,13,14). The molecule has 0 saturated carbocycles. The third kappa shape index (κ3) is 2.94. The molecular weight excluding hydrogens is 199 g/mol. The van der Waals surface area contributed by atoms with Crippen LogP contribution in [0.15, 0.2) is 18.2 Å². The molecule has 1 aromatic carbocycles. The second-order valence-electron chi connectivity index (χ2n) is 3.40. The molecule has 82 valence electrons. The highest BCUT2D eigenvalue weighted by Gasteiger charge is 2.14. The van der Waals surface area contributed by atoms with Gasteiger partial charge in [0.15, 0.2) is 0 Å². The fourth-order valence-corrected chi connectivity index (χ4v) is 1.30. The molecule has 3 nitrogen and oxygen atoms in total. The Morgan fingerprint density at radius 3 is 2.80 bits per heavy atom. The smallest absolute Gasteiger partial charge is 0.306 e. The Hall–Kier alpha value is -1.58. The quantitative estimate of drug-likeness (QED) is 0.831. The van der Waals surface area contributed by atoms with Crippen LogP contribution in [0, 0.1) is 11.7 Å². The predicted octanol–water partition coefficient (Wildman–Crippen LogP) is 2.10. The number of carboxylic acids is 1. The van der Waals surface area contributed by atoms with Crippen molar-refractivity contribution in [3.8, 4) is 5.75 Å². The van der Waals surface area contributed by atoms with Crippen molar-refractivity contribution >= 4 is 5.97 Å². The van der Waals surface area contributed by atoms with Crippen LogP contribution in [-0.4, -0.2) is 18.2 Å². The Balaban J connectivity index is 2.89. The van der Waals surface area contributed by atoms with E-state index in [0.29, 0.717) is 17.7 Å². The summed E-state index contributed by atoms with van der Waals surface area (Å²) in [5, 5.41) is 8.75. The van der Waals surface area contributed by atoms with E-state index in [-0.39, 0.29) is 0 Å². The van der Waals surface area contributed by atoms with Crippen molar-refractivity contribution in [3.63, 3.8) is 0 Å². The highest BCUT2D eigenvalue weighted by molar-refractivity contribution is 5.70. The number of hydrogen-bond acceptors (Lipinski definition) is 2. The molecule has 1 N–H and O–H groups in total. The minimum atomic E-state index is -0.874. The van der Waals surface area contributed by atoms with E-state index < -0.39 is 17.7 Å². The molecule has 1 unspecified atom stereocenters. The van der Waals surface area contributed by atoms with Gasteiger partial charge in [-0.3, -0.25) is 4.79 Å². The Kier molecular flexibility index (Phi) is 3.66. The minimum Gasteiger partial charge on any atom is -0.496 e. The maximum Gasteiger partial charge on any atom is 0.306 e. The summed E-state index contributed by atoms with van der Waals surface area (Å²) < 4.78 is 17.8. The molecule has 4 heteroatoms. The van der Waals surface area contributed by atoms with E-state index >= 15 is 0 Å². The van der Waals surface area contributed by atoms with Gasteiger partial charge in [0.25, 0.3) is 0 Å². The summed E-state index contributed by atoms with van der Waals surface area (Å²) >= 11 is 0. The third-order valence-electron chi connectivity index (χ3n) is 2.20. The van der Waals surface area contributed by atoms with Crippen LogP contribution >= 0.6 is 0 Å². The third-order valence-corrected chi connectivity index (χ3v) is 2.20. The first-order valence-electron chi connectivity index (χ1n) is 4.59. The zero-order chi connectivity index (χ0) is 11.4. The zero-order valence-corrected chi connectivity index (χ0v) is 8.66. The van der Waals surface area contributed by atoms with Crippen LogP contribution in [0.1, 0.15) is 12.5 Å². The molecule has 0 amide bonds. The Morgan fingerprint density at radius 1 is 1.60 bits per heavy atom. The molecule has 0 aliphatic carbocycles. The highest BCUT2D eigenvalue weighted by Crippen LogP contribution is 2.22. The lowest BCUT2D eigenvalue weighted by Crippen LogP contribution is -2.12. The van der Waals surface area contributed by atoms with Crippen LogP contribution in [0.25, 0.3) is 0 Å². The van der Waals surface area contributed by atoms with Crippen molar-refractivity contribution in [1.29, 1.82) is 0 Å². The first-order chi connectivity index (χ1) is 7.04. The fraction of sp³-hybridized carbons (Fsp3) is 0.364. The molecule has 0 fully saturated rings. The lowest BCUT2D eigenvalue weighted by molar-refractivity contribution is -0.141. The fourth-order valence-electron chi connectivity index (χ4n) is 1.30. The summed E-state index contributed by atoms with van der Waals surface area (Å²) in [5.74, 6) is -1.38. The van der Waals surface area contributed by atoms with Crippen molar-refractivity contribution in [2.45, 2.75) is 13.3 Å². The van der Waals surface area contributed by atoms with E-state index in [0.717, 1.165) is 0 Å². The zero-order valence-electron chi connectivity index (χ0n) is 8.66. The van der Waals surface area contributed by atoms with Crippen LogP contribution in [0.3, 0.4) is 0 Å². The molecule has 15 heavy (non-hydrogen) atoms. The van der Waals surface area contributed by atoms with E-state index in [2.05, 4.69) is 0 Å². The van der Waals surface area contributed by atoms with Crippen LogP contribution in [0.4, 0.5) is 4.39 Å². The second-order valence-corrected chi connectivity index (χ2v) is 3.40. The molecule has 0 bridgehead atoms. The monoisotopic (exact) mass is 212 g/mol. The van der Waals surface area contributed by atoms with Crippen LogP contribution in [0.2, 0.25) is 0 Å². The van der Waals surface area contributed by atoms with Gasteiger partial charge in [0.05, 0.1) is 13.0 Å². The van der Waals surface area contributed by atoms with Gasteiger partial charge >= 0.3 is 5.97 Å². The summed E-state index contributed by atoms with van der Waals surface area (Å²) in [6.07, 6.45) is 0.332. The molecular formula is C11H13FO3. The number of rotatable bonds is 4. The van der Waals surface area contributed by atoms with Crippen molar-refractivity contribution in [3.05, 3.63) is 29.6 Å². The SMILES string of the molecule is COc1cc(F)ccc1CC(C)C(=O)O. The molecule has 0 aliphatic heterocycles. The number of ether oxygens (including phenoxy) is 1. The van der Waals surface area contributed by atoms with Crippen molar-refractivity contribution in [1.82, 2.24) is 0 Å². The lowest BCUT2D eigenvalue weighted by atomic mass is 10.0. The summed E-state index contributed by atoms with van der Waals surface area (Å²) in [6, 6.07) is 4.10. The molecule has 0 aliphatic rings. The van der Waals surface area contributed by atoms with E-state index in [9.17, 15) is 9.18 Å². The largest absolute Gasteiger partial charge is 0.496 e. The molecule has 0 saturated heterocycles. The first-order valence-corrected chi connectivity index (χ1v) is 4.59. The van der Waals surface area contributed by atoms with Crippen LogP contribution in [0.5, 0.6) is 5.75 Å². The number of carboxylic acid groups (broad SMARTS) is 1. The summed E-state index contributed by atoms with van der Waals surface area (Å²) in [4.78, 5) is 10.7. The average molecular weight is 212 g/mol. The number of methoxy groups -OCH3 is 1. The number of benzene rings is 1. The lowest BCUT2D eigenvalue weighted by Gasteiger charge is -2.10. The molecule has 1 rings (SSSR count). The Labute approximate surface area is 87.5 Å². The number of carbonyl (C=O) groups is 1. The molecule has 0 radical (unpaired) electrons. The molecule has 0 heterocycles. The number of halogens is 1. The summed E-state index contributed by atoms with van der Waals surface area (Å²) in [6.45, 7) is 1.60. The minimum absolute atomic E-state index is 0.332. The van der Waals surface area contributed by atoms with Crippen LogP contribution < -0.4 is 4.74 Å². The van der Waals surface area contributed by atoms with Crippen molar-refractivity contribution in [2.75, 3.05) is 7.11 Å². The van der Waals surface area contributed by atoms with E-state index in [1.807, 2.05) is 0 Å². The van der Waals surface area contributed by atoms with Crippen LogP contribution in [-0.2, 0) is 11.2 Å². The maximum absolute atomic E-state index is 12.8. The van der Waals surface area contributed by atoms with Gasteiger partial charge in [-0.1, -0.05) is 13.0 Å². The Morgan fingerprint density at radius 2 is 2.27 bits per heavy atom. The van der Waals surface area contributed by atoms with E-state index in [4.69, 9.17) is 9.84 Å². The normalized spacial score (nSPS) is 12.2. The van der Waals surface area contributed by atoms with Gasteiger partial charge in [0.2, 0.25) is 0 Å². The highest BCUT2D eigenvalue weighted by atomic mass is 19.1. The molecule has 0 aromatic heterocycles.